The molecule has 132 valence electrons. The van der Waals surface area contributed by atoms with Crippen molar-refractivity contribution in [2.24, 2.45) is 4.99 Å². The molecule has 2 rings (SSSR count). The lowest BCUT2D eigenvalue weighted by molar-refractivity contribution is -0.0896. The lowest BCUT2D eigenvalue weighted by Gasteiger charge is -2.23. The molecule has 0 radical (unpaired) electrons. The quantitative estimate of drug-likeness (QED) is 0.503. The van der Waals surface area contributed by atoms with Gasteiger partial charge in [-0.15, -0.1) is 11.3 Å². The average Bonchev–Trinajstić information content (AvgIpc) is 3.03. The van der Waals surface area contributed by atoms with Crippen LogP contribution in [0.25, 0.3) is 10.8 Å². The molecule has 0 amide bonds. The number of hydrogen-bond donors (Lipinski definition) is 0. The zero-order chi connectivity index (χ0) is 18.1. The summed E-state index contributed by atoms with van der Waals surface area (Å²) < 4.78 is 50.2. The predicted octanol–water partition coefficient (Wildman–Crippen LogP) is 5.93. The van der Waals surface area contributed by atoms with Gasteiger partial charge in [0, 0.05) is 5.92 Å². The van der Waals surface area contributed by atoms with Gasteiger partial charge in [-0.3, -0.25) is 0 Å². The summed E-state index contributed by atoms with van der Waals surface area (Å²) in [5.74, 6) is -1.41. The van der Waals surface area contributed by atoms with Crippen molar-refractivity contribution in [3.05, 3.63) is 23.2 Å². The lowest BCUT2D eigenvalue weighted by atomic mass is 10.1. The molecule has 0 fully saturated rings. The van der Waals surface area contributed by atoms with Crippen molar-refractivity contribution < 1.29 is 22.3 Å². The number of nitrogens with zero attached hydrogens (tertiary/aromatic N) is 2. The van der Waals surface area contributed by atoms with Gasteiger partial charge in [-0.25, -0.2) is 4.98 Å². The van der Waals surface area contributed by atoms with Gasteiger partial charge in [-0.1, -0.05) is 19.9 Å². The van der Waals surface area contributed by atoms with Gasteiger partial charge < -0.3 is 9.15 Å². The minimum absolute atomic E-state index is 0.148. The zero-order valence-corrected chi connectivity index (χ0v) is 14.9. The van der Waals surface area contributed by atoms with Gasteiger partial charge in [0.25, 0.3) is 0 Å². The molecular formula is C16H19F3N2O2S. The predicted molar refractivity (Wildman–Crippen MR) is 87.9 cm³/mol. The van der Waals surface area contributed by atoms with Gasteiger partial charge in [0.05, 0.1) is 4.88 Å². The summed E-state index contributed by atoms with van der Waals surface area (Å²) in [5.41, 5.74) is -0.680. The highest BCUT2D eigenvalue weighted by Crippen LogP contribution is 2.35. The van der Waals surface area contributed by atoms with Crippen LogP contribution in [0.5, 0.6) is 0 Å². The third-order valence-corrected chi connectivity index (χ3v) is 3.62. The van der Waals surface area contributed by atoms with E-state index >= 15 is 0 Å². The highest BCUT2D eigenvalue weighted by molar-refractivity contribution is 7.13. The van der Waals surface area contributed by atoms with Crippen molar-refractivity contribution in [2.75, 3.05) is 0 Å². The van der Waals surface area contributed by atoms with E-state index in [4.69, 9.17) is 9.15 Å². The fraction of sp³-hybridized carbons (Fsp3) is 0.500. The second-order valence-corrected chi connectivity index (χ2v) is 7.42. The molecule has 0 saturated carbocycles. The average molecular weight is 360 g/mol. The Bertz CT molecular complexity index is 711. The molecular weight excluding hydrogens is 341 g/mol. The maximum absolute atomic E-state index is 13.2. The van der Waals surface area contributed by atoms with Gasteiger partial charge in [-0.2, -0.15) is 18.2 Å². The molecule has 0 aliphatic rings. The summed E-state index contributed by atoms with van der Waals surface area (Å²) in [4.78, 5) is 8.63. The number of aliphatic imine (C=N–C) groups is 1. The minimum Gasteiger partial charge on any atom is -0.468 e. The molecule has 2 heterocycles. The molecule has 0 unspecified atom stereocenters. The topological polar surface area (TPSA) is 47.6 Å². The number of halogens is 3. The highest BCUT2D eigenvalue weighted by atomic mass is 32.1. The molecule has 0 aliphatic carbocycles. The number of ether oxygens (including phenoxy) is 1. The molecule has 2 aromatic heterocycles. The van der Waals surface area contributed by atoms with Crippen LogP contribution in [0, 0.1) is 0 Å². The second-order valence-electron chi connectivity index (χ2n) is 6.47. The van der Waals surface area contributed by atoms with Crippen LogP contribution in [0.2, 0.25) is 0 Å². The molecule has 0 N–H and O–H groups in total. The standard InChI is InChI=1S/C16H19F3N2O2S/c1-9(2)11-13(22-12(20-11)10-7-6-8-24-10)21-14(16(17,18)19)23-15(3,4)5/h6-9H,1-5H3/b21-14+. The Balaban J connectivity index is 2.51. The van der Waals surface area contributed by atoms with Crippen molar-refractivity contribution in [1.82, 2.24) is 4.98 Å². The number of hydrogen-bond acceptors (Lipinski definition) is 5. The van der Waals surface area contributed by atoms with E-state index in [0.717, 1.165) is 4.88 Å². The summed E-state index contributed by atoms with van der Waals surface area (Å²) >= 11 is 1.39. The Hall–Kier alpha value is -1.83. The number of rotatable bonds is 3. The van der Waals surface area contributed by atoms with Crippen molar-refractivity contribution in [1.29, 1.82) is 0 Å². The van der Waals surface area contributed by atoms with Gasteiger partial charge in [0.1, 0.15) is 11.3 Å². The maximum atomic E-state index is 13.2. The molecule has 0 atom stereocenters. The first-order valence-corrected chi connectivity index (χ1v) is 8.25. The fourth-order valence-electron chi connectivity index (χ4n) is 1.81. The fourth-order valence-corrected chi connectivity index (χ4v) is 2.46. The molecule has 0 saturated heterocycles. The van der Waals surface area contributed by atoms with Gasteiger partial charge in [0.2, 0.25) is 11.8 Å². The third kappa shape index (κ3) is 4.59. The van der Waals surface area contributed by atoms with E-state index in [1.165, 1.54) is 32.1 Å². The molecule has 2 aromatic rings. The molecule has 0 bridgehead atoms. The Morgan fingerprint density at radius 1 is 1.29 bits per heavy atom. The smallest absolute Gasteiger partial charge is 0.468 e. The van der Waals surface area contributed by atoms with Crippen LogP contribution in [-0.2, 0) is 4.74 Å². The molecule has 8 heteroatoms. The maximum Gasteiger partial charge on any atom is 0.468 e. The zero-order valence-electron chi connectivity index (χ0n) is 14.1. The third-order valence-electron chi connectivity index (χ3n) is 2.76. The first-order chi connectivity index (χ1) is 11.0. The number of oxazole rings is 1. The molecule has 4 nitrogen and oxygen atoms in total. The molecule has 24 heavy (non-hydrogen) atoms. The van der Waals surface area contributed by atoms with E-state index in [2.05, 4.69) is 9.98 Å². The summed E-state index contributed by atoms with van der Waals surface area (Å²) in [6.45, 7) is 8.19. The highest BCUT2D eigenvalue weighted by Gasteiger charge is 2.41. The van der Waals surface area contributed by atoms with Crippen LogP contribution in [0.15, 0.2) is 26.9 Å². The van der Waals surface area contributed by atoms with E-state index in [1.54, 1.807) is 6.07 Å². The van der Waals surface area contributed by atoms with Crippen molar-refractivity contribution >= 4 is 23.1 Å². The van der Waals surface area contributed by atoms with Crippen LogP contribution in [0.1, 0.15) is 46.2 Å². The number of thiophene rings is 1. The Morgan fingerprint density at radius 3 is 2.42 bits per heavy atom. The van der Waals surface area contributed by atoms with Gasteiger partial charge >= 0.3 is 12.1 Å². The monoisotopic (exact) mass is 360 g/mol. The summed E-state index contributed by atoms with van der Waals surface area (Å²) in [5, 5.41) is 1.83. The summed E-state index contributed by atoms with van der Waals surface area (Å²) in [6.07, 6.45) is -4.72. The summed E-state index contributed by atoms with van der Waals surface area (Å²) in [6, 6.07) is 3.59. The summed E-state index contributed by atoms with van der Waals surface area (Å²) in [7, 11) is 0. The second kappa shape index (κ2) is 6.58. The van der Waals surface area contributed by atoms with Crippen molar-refractivity contribution in [3.8, 4) is 10.8 Å². The Morgan fingerprint density at radius 2 is 1.96 bits per heavy atom. The lowest BCUT2D eigenvalue weighted by Crippen LogP contribution is -2.33. The molecule has 0 aliphatic heterocycles. The SMILES string of the molecule is CC(C)c1nc(-c2cccs2)oc1/N=C(/OC(C)(C)C)C(F)(F)F. The first-order valence-electron chi connectivity index (χ1n) is 7.37. The minimum atomic E-state index is -4.72. The molecule has 0 aromatic carbocycles. The van der Waals surface area contributed by atoms with E-state index in [1.807, 2.05) is 25.3 Å². The largest absolute Gasteiger partial charge is 0.468 e. The van der Waals surface area contributed by atoms with E-state index < -0.39 is 17.7 Å². The normalized spacial score (nSPS) is 13.6. The van der Waals surface area contributed by atoms with E-state index in [0.29, 0.717) is 5.69 Å². The van der Waals surface area contributed by atoms with Gasteiger partial charge in [0.15, 0.2) is 0 Å². The van der Waals surface area contributed by atoms with Crippen molar-refractivity contribution in [2.45, 2.75) is 52.3 Å². The van der Waals surface area contributed by atoms with Crippen LogP contribution in [-0.4, -0.2) is 22.7 Å². The van der Waals surface area contributed by atoms with Gasteiger partial charge in [-0.05, 0) is 32.2 Å². The van der Waals surface area contributed by atoms with Crippen LogP contribution < -0.4 is 0 Å². The number of alkyl halides is 3. The first kappa shape index (κ1) is 18.5. The Labute approximate surface area is 142 Å². The van der Waals surface area contributed by atoms with Crippen LogP contribution in [0.4, 0.5) is 19.1 Å². The van der Waals surface area contributed by atoms with Crippen LogP contribution >= 0.6 is 11.3 Å². The molecule has 0 spiro atoms. The van der Waals surface area contributed by atoms with Crippen LogP contribution in [0.3, 0.4) is 0 Å². The Kier molecular flexibility index (Phi) is 5.08. The van der Waals surface area contributed by atoms with Crippen molar-refractivity contribution in [3.63, 3.8) is 0 Å². The number of aromatic nitrogens is 1. The van der Waals surface area contributed by atoms with E-state index in [9.17, 15) is 13.2 Å². The van der Waals surface area contributed by atoms with E-state index in [-0.39, 0.29) is 17.7 Å².